The molecule has 0 aromatic heterocycles. The van der Waals surface area contributed by atoms with Crippen molar-refractivity contribution >= 4 is 11.4 Å². The summed E-state index contributed by atoms with van der Waals surface area (Å²) in [6, 6.07) is 8.93. The van der Waals surface area contributed by atoms with Gasteiger partial charge in [-0.2, -0.15) is 0 Å². The molecule has 2 rings (SSSR count). The highest BCUT2D eigenvalue weighted by Gasteiger charge is 2.08. The molecule has 3 nitrogen and oxygen atoms in total. The maximum atomic E-state index is 11.0. The highest BCUT2D eigenvalue weighted by atomic mass is 16.2. The minimum absolute atomic E-state index is 0.376. The first-order valence-electron chi connectivity index (χ1n) is 4.31. The van der Waals surface area contributed by atoms with Crippen molar-refractivity contribution in [1.82, 2.24) is 0 Å². The first-order valence-corrected chi connectivity index (χ1v) is 4.31. The molecule has 0 atom stereocenters. The molecule has 0 spiro atoms. The summed E-state index contributed by atoms with van der Waals surface area (Å²) < 4.78 is 0. The Bertz CT molecular complexity index is 536. The lowest BCUT2D eigenvalue weighted by atomic mass is 10.2. The fraction of sp³-hybridized carbons (Fsp3) is 0.0909. The van der Waals surface area contributed by atoms with Crippen LogP contribution in [0.3, 0.4) is 0 Å². The molecule has 0 saturated carbocycles. The van der Waals surface area contributed by atoms with Gasteiger partial charge in [-0.15, -0.1) is 0 Å². The van der Waals surface area contributed by atoms with E-state index in [0.717, 1.165) is 11.3 Å². The van der Waals surface area contributed by atoms with Crippen LogP contribution in [0.2, 0.25) is 0 Å². The molecule has 0 saturated heterocycles. The summed E-state index contributed by atoms with van der Waals surface area (Å²) in [5.74, 6) is 0. The van der Waals surface area contributed by atoms with E-state index in [1.54, 1.807) is 0 Å². The smallest absolute Gasteiger partial charge is 0.249 e. The molecule has 70 valence electrons. The normalized spacial score (nSPS) is 10.4. The number of rotatable bonds is 2. The summed E-state index contributed by atoms with van der Waals surface area (Å²) in [4.78, 5) is 21.6. The van der Waals surface area contributed by atoms with Crippen LogP contribution in [0, 0.1) is 6.92 Å². The molecule has 0 aliphatic rings. The lowest BCUT2D eigenvalue weighted by molar-refractivity contribution is 1.37. The summed E-state index contributed by atoms with van der Waals surface area (Å²) in [6.07, 6.45) is 0. The second-order valence-corrected chi connectivity index (χ2v) is 3.25. The molecular formula is C11H9NO2. The summed E-state index contributed by atoms with van der Waals surface area (Å²) in [5, 5.41) is 2.89. The van der Waals surface area contributed by atoms with Gasteiger partial charge in [-0.3, -0.25) is 9.59 Å². The molecule has 14 heavy (non-hydrogen) atoms. The minimum atomic E-state index is -0.438. The van der Waals surface area contributed by atoms with E-state index in [1.165, 1.54) is 6.07 Å². The first kappa shape index (κ1) is 8.69. The van der Waals surface area contributed by atoms with E-state index in [1.807, 2.05) is 31.2 Å². The maximum Gasteiger partial charge on any atom is 0.249 e. The van der Waals surface area contributed by atoms with Crippen molar-refractivity contribution in [3.63, 3.8) is 0 Å². The number of benzene rings is 1. The van der Waals surface area contributed by atoms with E-state index in [0.29, 0.717) is 5.69 Å². The second kappa shape index (κ2) is 3.10. The number of hydrogen-bond donors (Lipinski definition) is 1. The Morgan fingerprint density at radius 3 is 2.50 bits per heavy atom. The van der Waals surface area contributed by atoms with Gasteiger partial charge < -0.3 is 5.32 Å². The topological polar surface area (TPSA) is 46.2 Å². The average Bonchev–Trinajstić information content (AvgIpc) is 2.17. The Kier molecular flexibility index (Phi) is 1.93. The van der Waals surface area contributed by atoms with Crippen LogP contribution in [0.15, 0.2) is 39.9 Å². The molecule has 0 radical (unpaired) electrons. The molecule has 0 aliphatic carbocycles. The van der Waals surface area contributed by atoms with Crippen molar-refractivity contribution in [2.24, 2.45) is 0 Å². The lowest BCUT2D eigenvalue weighted by Crippen LogP contribution is -2.31. The van der Waals surface area contributed by atoms with Crippen molar-refractivity contribution in [3.8, 4) is 0 Å². The number of aryl methyl sites for hydroxylation is 1. The SMILES string of the molecule is Cc1cccc(Nc2cc(=O)c2=O)c1. The molecular weight excluding hydrogens is 178 g/mol. The van der Waals surface area contributed by atoms with Gasteiger partial charge in [0.15, 0.2) is 0 Å². The van der Waals surface area contributed by atoms with Gasteiger partial charge in [0, 0.05) is 11.8 Å². The van der Waals surface area contributed by atoms with E-state index in [9.17, 15) is 9.59 Å². The Hall–Kier alpha value is -1.90. The van der Waals surface area contributed by atoms with Gasteiger partial charge >= 0.3 is 0 Å². The standard InChI is InChI=1S/C11H9NO2/c1-7-3-2-4-8(5-7)12-9-6-10(13)11(9)14/h2-6,12H,1H3. The van der Waals surface area contributed by atoms with E-state index in [-0.39, 0.29) is 0 Å². The molecule has 3 heteroatoms. The number of hydrogen-bond acceptors (Lipinski definition) is 3. The van der Waals surface area contributed by atoms with Gasteiger partial charge in [-0.05, 0) is 24.6 Å². The highest BCUT2D eigenvalue weighted by molar-refractivity contribution is 5.61. The summed E-state index contributed by atoms with van der Waals surface area (Å²) in [5.41, 5.74) is 1.44. The van der Waals surface area contributed by atoms with Crippen molar-refractivity contribution in [2.75, 3.05) is 5.32 Å². The summed E-state index contributed by atoms with van der Waals surface area (Å²) in [7, 11) is 0. The van der Waals surface area contributed by atoms with Crippen LogP contribution in [0.4, 0.5) is 11.4 Å². The van der Waals surface area contributed by atoms with Crippen LogP contribution >= 0.6 is 0 Å². The molecule has 1 N–H and O–H groups in total. The number of nitrogens with one attached hydrogen (secondary N) is 1. The fourth-order valence-corrected chi connectivity index (χ4v) is 1.29. The van der Waals surface area contributed by atoms with Crippen molar-refractivity contribution in [1.29, 1.82) is 0 Å². The third kappa shape index (κ3) is 1.44. The third-order valence-electron chi connectivity index (χ3n) is 2.04. The number of anilines is 2. The Labute approximate surface area is 80.7 Å². The molecule has 0 bridgehead atoms. The molecule has 0 heterocycles. The molecule has 0 amide bonds. The van der Waals surface area contributed by atoms with Crippen LogP contribution in [-0.2, 0) is 0 Å². The largest absolute Gasteiger partial charge is 0.352 e. The van der Waals surface area contributed by atoms with Gasteiger partial charge in [0.1, 0.15) is 0 Å². The molecule has 0 unspecified atom stereocenters. The lowest BCUT2D eigenvalue weighted by Gasteiger charge is -2.06. The van der Waals surface area contributed by atoms with Crippen LogP contribution in [0.1, 0.15) is 5.56 Å². The highest BCUT2D eigenvalue weighted by Crippen LogP contribution is 2.13. The minimum Gasteiger partial charge on any atom is -0.352 e. The predicted molar refractivity (Wildman–Crippen MR) is 55.8 cm³/mol. The van der Waals surface area contributed by atoms with E-state index < -0.39 is 10.9 Å². The molecule has 2 aromatic rings. The van der Waals surface area contributed by atoms with Gasteiger partial charge in [-0.25, -0.2) is 0 Å². The van der Waals surface area contributed by atoms with Gasteiger partial charge in [0.2, 0.25) is 10.9 Å². The first-order chi connectivity index (χ1) is 6.66. The van der Waals surface area contributed by atoms with Crippen LogP contribution < -0.4 is 16.2 Å². The van der Waals surface area contributed by atoms with Crippen LogP contribution in [-0.4, -0.2) is 0 Å². The van der Waals surface area contributed by atoms with Gasteiger partial charge in [0.05, 0.1) is 5.69 Å². The zero-order valence-electron chi connectivity index (χ0n) is 7.70. The van der Waals surface area contributed by atoms with Crippen molar-refractivity contribution in [2.45, 2.75) is 6.92 Å². The zero-order valence-corrected chi connectivity index (χ0v) is 7.70. The third-order valence-corrected chi connectivity index (χ3v) is 2.04. The zero-order chi connectivity index (χ0) is 10.1. The van der Waals surface area contributed by atoms with E-state index >= 15 is 0 Å². The van der Waals surface area contributed by atoms with Crippen molar-refractivity contribution < 1.29 is 0 Å². The predicted octanol–water partition coefficient (Wildman–Crippen LogP) is 1.33. The second-order valence-electron chi connectivity index (χ2n) is 3.25. The summed E-state index contributed by atoms with van der Waals surface area (Å²) in [6.45, 7) is 1.97. The van der Waals surface area contributed by atoms with E-state index in [4.69, 9.17) is 0 Å². The Morgan fingerprint density at radius 1 is 1.14 bits per heavy atom. The van der Waals surface area contributed by atoms with E-state index in [2.05, 4.69) is 5.32 Å². The molecule has 0 fully saturated rings. The summed E-state index contributed by atoms with van der Waals surface area (Å²) >= 11 is 0. The van der Waals surface area contributed by atoms with Gasteiger partial charge in [-0.1, -0.05) is 12.1 Å². The molecule has 2 aromatic carbocycles. The monoisotopic (exact) mass is 187 g/mol. The molecule has 0 aliphatic heterocycles. The Morgan fingerprint density at radius 2 is 1.93 bits per heavy atom. The van der Waals surface area contributed by atoms with Crippen molar-refractivity contribution in [3.05, 3.63) is 56.3 Å². The quantitative estimate of drug-likeness (QED) is 0.721. The Balaban J connectivity index is 2.25. The van der Waals surface area contributed by atoms with Crippen LogP contribution in [0.5, 0.6) is 0 Å². The fourth-order valence-electron chi connectivity index (χ4n) is 1.29. The van der Waals surface area contributed by atoms with Gasteiger partial charge in [0.25, 0.3) is 0 Å². The maximum absolute atomic E-state index is 11.0. The van der Waals surface area contributed by atoms with Crippen LogP contribution in [0.25, 0.3) is 0 Å². The average molecular weight is 187 g/mol.